The van der Waals surface area contributed by atoms with Gasteiger partial charge in [0.05, 0.1) is 16.8 Å². The van der Waals surface area contributed by atoms with Gasteiger partial charge in [0.1, 0.15) is 11.6 Å². The number of benzene rings is 2. The molecule has 2 aromatic carbocycles. The number of anilines is 1. The number of fused-ring (bicyclic) bond motifs is 1. The van der Waals surface area contributed by atoms with Crippen molar-refractivity contribution in [3.8, 4) is 5.75 Å². The normalized spacial score (nSPS) is 13.5. The molecule has 0 aliphatic carbocycles. The molecule has 0 saturated carbocycles. The number of rotatable bonds is 4. The van der Waals surface area contributed by atoms with Crippen molar-refractivity contribution in [3.05, 3.63) is 58.9 Å². The van der Waals surface area contributed by atoms with Gasteiger partial charge in [0.2, 0.25) is 0 Å². The first kappa shape index (κ1) is 19.3. The van der Waals surface area contributed by atoms with Crippen molar-refractivity contribution in [1.29, 1.82) is 0 Å². The van der Waals surface area contributed by atoms with Crippen LogP contribution in [-0.4, -0.2) is 42.5 Å². The van der Waals surface area contributed by atoms with Crippen molar-refractivity contribution in [1.82, 2.24) is 4.90 Å². The maximum atomic E-state index is 13.5. The molecule has 0 saturated heterocycles. The Kier molecular flexibility index (Phi) is 4.80. The van der Waals surface area contributed by atoms with Crippen molar-refractivity contribution in [2.75, 3.05) is 19.0 Å². The molecule has 10 heteroatoms. The zero-order valence-corrected chi connectivity index (χ0v) is 14.3. The van der Waals surface area contributed by atoms with Gasteiger partial charge in [-0.05, 0) is 30.3 Å². The van der Waals surface area contributed by atoms with Gasteiger partial charge in [0.15, 0.2) is 6.61 Å². The molecule has 1 heterocycles. The summed E-state index contributed by atoms with van der Waals surface area (Å²) in [5.74, 6) is -3.10. The van der Waals surface area contributed by atoms with E-state index in [-0.39, 0.29) is 28.1 Å². The molecule has 1 aliphatic heterocycles. The van der Waals surface area contributed by atoms with E-state index in [9.17, 15) is 31.9 Å². The Morgan fingerprint density at radius 2 is 1.75 bits per heavy atom. The number of imide groups is 1. The summed E-state index contributed by atoms with van der Waals surface area (Å²) in [6.07, 6.45) is -4.62. The van der Waals surface area contributed by atoms with E-state index in [0.717, 1.165) is 23.1 Å². The molecule has 3 amide bonds. The van der Waals surface area contributed by atoms with Crippen LogP contribution in [0.5, 0.6) is 5.75 Å². The largest absolute Gasteiger partial charge is 0.482 e. The minimum atomic E-state index is -4.62. The number of carbonyl (C=O) groups is 3. The molecule has 1 aliphatic rings. The van der Waals surface area contributed by atoms with Crippen molar-refractivity contribution < 1.29 is 36.7 Å². The summed E-state index contributed by atoms with van der Waals surface area (Å²) >= 11 is 0. The fourth-order valence-corrected chi connectivity index (χ4v) is 2.58. The molecule has 0 aromatic heterocycles. The average Bonchev–Trinajstić information content (AvgIpc) is 2.84. The van der Waals surface area contributed by atoms with Crippen LogP contribution in [0.25, 0.3) is 0 Å². The SMILES string of the molecule is CN1C(=O)c2ccc(C(=O)Nc3cc(F)ccc3OCC(F)(F)F)cc2C1=O. The van der Waals surface area contributed by atoms with E-state index in [1.807, 2.05) is 0 Å². The van der Waals surface area contributed by atoms with Crippen LogP contribution in [0.1, 0.15) is 31.1 Å². The lowest BCUT2D eigenvalue weighted by atomic mass is 10.1. The van der Waals surface area contributed by atoms with Gasteiger partial charge in [-0.3, -0.25) is 19.3 Å². The molecule has 0 fully saturated rings. The number of nitrogens with zero attached hydrogens (tertiary/aromatic N) is 1. The summed E-state index contributed by atoms with van der Waals surface area (Å²) in [6, 6.07) is 6.39. The molecular weight excluding hydrogens is 384 g/mol. The number of hydrogen-bond donors (Lipinski definition) is 1. The van der Waals surface area contributed by atoms with E-state index in [2.05, 4.69) is 10.1 Å². The van der Waals surface area contributed by atoms with Crippen molar-refractivity contribution in [2.45, 2.75) is 6.18 Å². The fourth-order valence-electron chi connectivity index (χ4n) is 2.58. The van der Waals surface area contributed by atoms with Crippen LogP contribution in [0.4, 0.5) is 23.2 Å². The molecule has 0 bridgehead atoms. The maximum absolute atomic E-state index is 13.5. The number of carbonyl (C=O) groups excluding carboxylic acids is 3. The van der Waals surface area contributed by atoms with Gasteiger partial charge < -0.3 is 10.1 Å². The molecule has 2 aromatic rings. The van der Waals surface area contributed by atoms with Crippen LogP contribution in [0.2, 0.25) is 0 Å². The predicted octanol–water partition coefficient (Wildman–Crippen LogP) is 3.24. The standard InChI is InChI=1S/C18H12F4N2O4/c1-24-16(26)11-4-2-9(6-12(11)17(24)27)15(25)23-13-7-10(19)3-5-14(13)28-8-18(20,21)22/h2-7H,8H2,1H3,(H,23,25). The highest BCUT2D eigenvalue weighted by Crippen LogP contribution is 2.29. The Morgan fingerprint density at radius 1 is 1.07 bits per heavy atom. The van der Waals surface area contributed by atoms with Crippen LogP contribution in [0.3, 0.4) is 0 Å². The second-order valence-electron chi connectivity index (χ2n) is 5.93. The Morgan fingerprint density at radius 3 is 2.43 bits per heavy atom. The topological polar surface area (TPSA) is 75.7 Å². The van der Waals surface area contributed by atoms with Gasteiger partial charge in [-0.1, -0.05) is 0 Å². The van der Waals surface area contributed by atoms with Gasteiger partial charge in [-0.2, -0.15) is 13.2 Å². The number of alkyl halides is 3. The van der Waals surface area contributed by atoms with E-state index in [0.29, 0.717) is 0 Å². The minimum absolute atomic E-state index is 0.0212. The third-order valence-corrected chi connectivity index (χ3v) is 3.93. The zero-order chi connectivity index (χ0) is 20.6. The van der Waals surface area contributed by atoms with E-state index in [4.69, 9.17) is 0 Å². The molecular formula is C18H12F4N2O4. The third-order valence-electron chi connectivity index (χ3n) is 3.93. The Bertz CT molecular complexity index is 988. The molecule has 0 spiro atoms. The maximum Gasteiger partial charge on any atom is 0.422 e. The number of halogens is 4. The number of ether oxygens (including phenoxy) is 1. The first-order chi connectivity index (χ1) is 13.1. The summed E-state index contributed by atoms with van der Waals surface area (Å²) < 4.78 is 55.1. The highest BCUT2D eigenvalue weighted by molar-refractivity contribution is 6.22. The quantitative estimate of drug-likeness (QED) is 0.636. The van der Waals surface area contributed by atoms with Crippen LogP contribution in [0.15, 0.2) is 36.4 Å². The van der Waals surface area contributed by atoms with Crippen LogP contribution < -0.4 is 10.1 Å². The summed E-state index contributed by atoms with van der Waals surface area (Å²) in [7, 11) is 1.29. The molecule has 28 heavy (non-hydrogen) atoms. The lowest BCUT2D eigenvalue weighted by Gasteiger charge is -2.14. The van der Waals surface area contributed by atoms with Gasteiger partial charge >= 0.3 is 6.18 Å². The monoisotopic (exact) mass is 396 g/mol. The Hall–Kier alpha value is -3.43. The Labute approximate surface area is 155 Å². The van der Waals surface area contributed by atoms with Crippen molar-refractivity contribution in [3.63, 3.8) is 0 Å². The lowest BCUT2D eigenvalue weighted by Crippen LogP contribution is -2.24. The van der Waals surface area contributed by atoms with Gasteiger partial charge in [0.25, 0.3) is 17.7 Å². The van der Waals surface area contributed by atoms with Crippen LogP contribution in [0, 0.1) is 5.82 Å². The van der Waals surface area contributed by atoms with Gasteiger partial charge in [-0.25, -0.2) is 4.39 Å². The van der Waals surface area contributed by atoms with Gasteiger partial charge in [-0.15, -0.1) is 0 Å². The zero-order valence-electron chi connectivity index (χ0n) is 14.3. The van der Waals surface area contributed by atoms with E-state index in [1.54, 1.807) is 0 Å². The number of amides is 3. The van der Waals surface area contributed by atoms with Gasteiger partial charge in [0, 0.05) is 18.7 Å². The second-order valence-corrected chi connectivity index (χ2v) is 5.93. The summed E-state index contributed by atoms with van der Waals surface area (Å²) in [6.45, 7) is -1.62. The van der Waals surface area contributed by atoms with Crippen molar-refractivity contribution >= 4 is 23.4 Å². The molecule has 6 nitrogen and oxygen atoms in total. The van der Waals surface area contributed by atoms with E-state index < -0.39 is 36.3 Å². The first-order valence-corrected chi connectivity index (χ1v) is 7.84. The van der Waals surface area contributed by atoms with E-state index >= 15 is 0 Å². The number of nitrogens with one attached hydrogen (secondary N) is 1. The van der Waals surface area contributed by atoms with Crippen LogP contribution in [-0.2, 0) is 0 Å². The highest BCUT2D eigenvalue weighted by Gasteiger charge is 2.33. The predicted molar refractivity (Wildman–Crippen MR) is 88.8 cm³/mol. The van der Waals surface area contributed by atoms with Crippen molar-refractivity contribution in [2.24, 2.45) is 0 Å². The van der Waals surface area contributed by atoms with Crippen LogP contribution >= 0.6 is 0 Å². The fraction of sp³-hybridized carbons (Fsp3) is 0.167. The summed E-state index contributed by atoms with van der Waals surface area (Å²) in [4.78, 5) is 37.2. The summed E-state index contributed by atoms with van der Waals surface area (Å²) in [5.41, 5.74) is -0.201. The molecule has 0 radical (unpaired) electrons. The second kappa shape index (κ2) is 6.95. The summed E-state index contributed by atoms with van der Waals surface area (Å²) in [5, 5.41) is 2.25. The Balaban J connectivity index is 1.85. The highest BCUT2D eigenvalue weighted by atomic mass is 19.4. The first-order valence-electron chi connectivity index (χ1n) is 7.84. The molecule has 3 rings (SSSR count). The smallest absolute Gasteiger partial charge is 0.422 e. The lowest BCUT2D eigenvalue weighted by molar-refractivity contribution is -0.153. The molecule has 0 unspecified atom stereocenters. The molecule has 0 atom stereocenters. The third kappa shape index (κ3) is 3.80. The van der Waals surface area contributed by atoms with E-state index in [1.165, 1.54) is 25.2 Å². The minimum Gasteiger partial charge on any atom is -0.482 e. The average molecular weight is 396 g/mol. The molecule has 1 N–H and O–H groups in total. The molecule has 146 valence electrons. The number of hydrogen-bond acceptors (Lipinski definition) is 4.